The molecule has 1 rings (SSSR count). The quantitative estimate of drug-likeness (QED) is 0.736. The molecule has 1 N–H and O–H groups in total. The van der Waals surface area contributed by atoms with Crippen molar-refractivity contribution in [3.05, 3.63) is 0 Å². The first kappa shape index (κ1) is 22.6. The largest absolute Gasteiger partial charge is 0.598 e. The number of likely N-dealkylation sites (tertiary alicyclic amines) is 1. The van der Waals surface area contributed by atoms with Crippen LogP contribution in [0.25, 0.3) is 0 Å². The third kappa shape index (κ3) is 8.18. The van der Waals surface area contributed by atoms with Crippen LogP contribution in [0.4, 0.5) is 4.79 Å². The summed E-state index contributed by atoms with van der Waals surface area (Å²) in [6.45, 7) is 17.5. The standard InChI is InChI=1S/C19H38N2O3S/c1-14(2)13-16(20-25(23)19(6,7)8)15-9-11-21(12-10-15)17(22)24-18(3,4)5/h14-16,20H,9-13H2,1-8H3/t16?,25-/m0/s1. The third-order valence-corrected chi connectivity index (χ3v) is 5.93. The molecule has 0 saturated carbocycles. The lowest BCUT2D eigenvalue weighted by molar-refractivity contribution is 0.0169. The molecule has 0 aromatic rings. The van der Waals surface area contributed by atoms with Crippen molar-refractivity contribution in [2.45, 2.75) is 91.0 Å². The Morgan fingerprint density at radius 3 is 2.12 bits per heavy atom. The lowest BCUT2D eigenvalue weighted by Crippen LogP contribution is -2.51. The predicted molar refractivity (Wildman–Crippen MR) is 105 cm³/mol. The minimum atomic E-state index is -1.07. The van der Waals surface area contributed by atoms with Crippen LogP contribution >= 0.6 is 0 Å². The highest BCUT2D eigenvalue weighted by molar-refractivity contribution is 7.90. The molecule has 1 amide bonds. The third-order valence-electron chi connectivity index (χ3n) is 4.30. The summed E-state index contributed by atoms with van der Waals surface area (Å²) in [7, 11) is 0. The fourth-order valence-electron chi connectivity index (χ4n) is 2.97. The van der Waals surface area contributed by atoms with Gasteiger partial charge in [0.25, 0.3) is 0 Å². The normalized spacial score (nSPS) is 19.8. The Balaban J connectivity index is 2.64. The predicted octanol–water partition coefficient (Wildman–Crippen LogP) is 4.10. The summed E-state index contributed by atoms with van der Waals surface area (Å²) in [5.41, 5.74) is -0.459. The molecular formula is C19H38N2O3S. The Bertz CT molecular complexity index is 421. The van der Waals surface area contributed by atoms with E-state index < -0.39 is 17.0 Å². The van der Waals surface area contributed by atoms with Gasteiger partial charge in [-0.3, -0.25) is 0 Å². The molecular weight excluding hydrogens is 336 g/mol. The first-order valence-corrected chi connectivity index (χ1v) is 10.6. The molecule has 148 valence electrons. The fraction of sp³-hybridized carbons (Fsp3) is 0.947. The molecule has 25 heavy (non-hydrogen) atoms. The molecule has 1 heterocycles. The molecule has 0 aromatic heterocycles. The van der Waals surface area contributed by atoms with E-state index in [0.717, 1.165) is 19.3 Å². The lowest BCUT2D eigenvalue weighted by atomic mass is 9.85. The minimum absolute atomic E-state index is 0.223. The maximum absolute atomic E-state index is 12.5. The van der Waals surface area contributed by atoms with Gasteiger partial charge in [-0.05, 0) is 72.6 Å². The van der Waals surface area contributed by atoms with Gasteiger partial charge in [0.2, 0.25) is 0 Å². The van der Waals surface area contributed by atoms with Gasteiger partial charge in [0.05, 0.1) is 6.04 Å². The Morgan fingerprint density at radius 1 is 1.20 bits per heavy atom. The van der Waals surface area contributed by atoms with Crippen LogP contribution in [0.1, 0.15) is 74.7 Å². The van der Waals surface area contributed by atoms with E-state index in [9.17, 15) is 9.35 Å². The van der Waals surface area contributed by atoms with E-state index in [-0.39, 0.29) is 16.9 Å². The van der Waals surface area contributed by atoms with Crippen LogP contribution in [0, 0.1) is 11.8 Å². The van der Waals surface area contributed by atoms with E-state index in [1.807, 2.05) is 41.5 Å². The number of amides is 1. The van der Waals surface area contributed by atoms with Crippen LogP contribution in [-0.4, -0.2) is 45.0 Å². The van der Waals surface area contributed by atoms with Crippen molar-refractivity contribution in [3.63, 3.8) is 0 Å². The molecule has 0 aromatic carbocycles. The second-order valence-electron chi connectivity index (χ2n) is 9.54. The van der Waals surface area contributed by atoms with E-state index in [1.165, 1.54) is 0 Å². The average molecular weight is 375 g/mol. The van der Waals surface area contributed by atoms with E-state index in [4.69, 9.17) is 4.74 Å². The number of hydrogen-bond donors (Lipinski definition) is 1. The molecule has 1 saturated heterocycles. The summed E-state index contributed by atoms with van der Waals surface area (Å²) in [4.78, 5) is 14.0. The van der Waals surface area contributed by atoms with Crippen molar-refractivity contribution in [1.82, 2.24) is 9.62 Å². The smallest absolute Gasteiger partial charge is 0.410 e. The molecule has 0 aliphatic carbocycles. The number of rotatable bonds is 5. The van der Waals surface area contributed by atoms with Crippen LogP contribution in [0.3, 0.4) is 0 Å². The summed E-state index contributed by atoms with van der Waals surface area (Å²) < 4.78 is 21.1. The maximum Gasteiger partial charge on any atom is 0.410 e. The molecule has 1 fully saturated rings. The monoisotopic (exact) mass is 374 g/mol. The number of piperidine rings is 1. The maximum atomic E-state index is 12.5. The van der Waals surface area contributed by atoms with Crippen molar-refractivity contribution in [2.75, 3.05) is 13.1 Å². The molecule has 1 aliphatic heterocycles. The van der Waals surface area contributed by atoms with Crippen molar-refractivity contribution in [2.24, 2.45) is 11.8 Å². The molecule has 0 bridgehead atoms. The summed E-state index contributed by atoms with van der Waals surface area (Å²) >= 11 is -1.07. The summed E-state index contributed by atoms with van der Waals surface area (Å²) in [6, 6.07) is 0.223. The second-order valence-corrected chi connectivity index (χ2v) is 11.5. The van der Waals surface area contributed by atoms with E-state index in [2.05, 4.69) is 18.6 Å². The fourth-order valence-corrected chi connectivity index (χ4v) is 3.89. The zero-order valence-electron chi connectivity index (χ0n) is 17.3. The molecule has 1 aliphatic rings. The van der Waals surface area contributed by atoms with Crippen LogP contribution < -0.4 is 4.72 Å². The zero-order chi connectivity index (χ0) is 19.4. The van der Waals surface area contributed by atoms with Gasteiger partial charge in [0.1, 0.15) is 10.3 Å². The lowest BCUT2D eigenvalue weighted by Gasteiger charge is -2.38. The zero-order valence-corrected chi connectivity index (χ0v) is 18.2. The van der Waals surface area contributed by atoms with Gasteiger partial charge >= 0.3 is 6.09 Å². The number of nitrogens with zero attached hydrogens (tertiary/aromatic N) is 1. The van der Waals surface area contributed by atoms with Gasteiger partial charge in [-0.1, -0.05) is 13.8 Å². The van der Waals surface area contributed by atoms with Crippen molar-refractivity contribution >= 4 is 17.5 Å². The van der Waals surface area contributed by atoms with Gasteiger partial charge in [-0.15, -0.1) is 4.72 Å². The number of hydrogen-bond acceptors (Lipinski definition) is 4. The highest BCUT2D eigenvalue weighted by atomic mass is 32.2. The van der Waals surface area contributed by atoms with Crippen LogP contribution in [-0.2, 0) is 16.1 Å². The van der Waals surface area contributed by atoms with Crippen molar-refractivity contribution < 1.29 is 14.1 Å². The van der Waals surface area contributed by atoms with Gasteiger partial charge < -0.3 is 14.2 Å². The van der Waals surface area contributed by atoms with Gasteiger partial charge in [0, 0.05) is 24.5 Å². The van der Waals surface area contributed by atoms with Gasteiger partial charge in [-0.2, -0.15) is 0 Å². The summed E-state index contributed by atoms with van der Waals surface area (Å²) in [6.07, 6.45) is 2.62. The van der Waals surface area contributed by atoms with Crippen LogP contribution in [0.15, 0.2) is 0 Å². The van der Waals surface area contributed by atoms with E-state index in [0.29, 0.717) is 24.9 Å². The Morgan fingerprint density at radius 2 is 1.72 bits per heavy atom. The molecule has 0 radical (unpaired) electrons. The first-order chi connectivity index (χ1) is 11.3. The van der Waals surface area contributed by atoms with Crippen LogP contribution in [0.5, 0.6) is 0 Å². The van der Waals surface area contributed by atoms with Crippen LogP contribution in [0.2, 0.25) is 0 Å². The number of carbonyl (C=O) groups excluding carboxylic acids is 1. The second kappa shape index (κ2) is 8.96. The molecule has 0 spiro atoms. The number of nitrogens with one attached hydrogen (secondary N) is 1. The van der Waals surface area contributed by atoms with Gasteiger partial charge in [0.15, 0.2) is 0 Å². The summed E-state index contributed by atoms with van der Waals surface area (Å²) in [5.74, 6) is 0.978. The van der Waals surface area contributed by atoms with E-state index in [1.54, 1.807) is 4.90 Å². The summed E-state index contributed by atoms with van der Waals surface area (Å²) in [5, 5.41) is 0. The molecule has 2 atom stereocenters. The first-order valence-electron chi connectivity index (χ1n) is 9.45. The molecule has 1 unspecified atom stereocenters. The average Bonchev–Trinajstić information content (AvgIpc) is 2.43. The molecule has 6 heteroatoms. The topological polar surface area (TPSA) is 64.6 Å². The van der Waals surface area contributed by atoms with Gasteiger partial charge in [-0.25, -0.2) is 4.79 Å². The Kier molecular flexibility index (Phi) is 8.09. The minimum Gasteiger partial charge on any atom is -0.598 e. The highest BCUT2D eigenvalue weighted by Crippen LogP contribution is 2.27. The molecule has 5 nitrogen and oxygen atoms in total. The van der Waals surface area contributed by atoms with Crippen molar-refractivity contribution in [1.29, 1.82) is 0 Å². The Labute approximate surface area is 157 Å². The van der Waals surface area contributed by atoms with Crippen molar-refractivity contribution in [3.8, 4) is 0 Å². The number of ether oxygens (including phenoxy) is 1. The van der Waals surface area contributed by atoms with E-state index >= 15 is 0 Å². The number of carbonyl (C=O) groups is 1. The highest BCUT2D eigenvalue weighted by Gasteiger charge is 2.35. The Hall–Kier alpha value is -0.460. The SMILES string of the molecule is CC(C)CC(N[S@@+]([O-])C(C)(C)C)C1CCN(C(=O)OC(C)(C)C)CC1.